The van der Waals surface area contributed by atoms with Crippen molar-refractivity contribution in [1.82, 2.24) is 5.32 Å². The van der Waals surface area contributed by atoms with E-state index in [4.69, 9.17) is 8.85 Å². The lowest BCUT2D eigenvalue weighted by Gasteiger charge is -2.21. The molecule has 0 saturated heterocycles. The van der Waals surface area contributed by atoms with Gasteiger partial charge in [0.25, 0.3) is 0 Å². The van der Waals surface area contributed by atoms with Gasteiger partial charge in [0, 0.05) is 14.2 Å². The zero-order chi connectivity index (χ0) is 17.1. The number of unbranched alkanes of at least 4 members (excludes halogenated alkanes) is 6. The molecule has 136 valence electrons. The van der Waals surface area contributed by atoms with Crippen LogP contribution in [0.5, 0.6) is 0 Å². The maximum Gasteiger partial charge on any atom is 0.334 e. The Morgan fingerprint density at radius 1 is 0.682 bits per heavy atom. The molecule has 0 aromatic carbocycles. The summed E-state index contributed by atoms with van der Waals surface area (Å²) in [5.74, 6) is 0. The smallest absolute Gasteiger partial charge is 0.334 e. The van der Waals surface area contributed by atoms with Gasteiger partial charge in [0.2, 0.25) is 0 Å². The van der Waals surface area contributed by atoms with E-state index in [1.807, 2.05) is 0 Å². The fraction of sp³-hybridized carbons (Fsp3) is 1.00. The molecule has 0 aromatic heterocycles. The second-order valence-electron chi connectivity index (χ2n) is 6.16. The molecular formula is C18H43NO2Si. The Morgan fingerprint density at radius 3 is 1.41 bits per heavy atom. The van der Waals surface area contributed by atoms with Crippen molar-refractivity contribution in [1.29, 1.82) is 0 Å². The minimum atomic E-state index is -1.70. The molecule has 0 aliphatic heterocycles. The second-order valence-corrected chi connectivity index (χ2v) is 9.75. The standard InChI is InChI=1S/C12H27N.C6H16O2Si/c1-3-5-7-9-11-13-12-10-8-6-4-2;1-5-6-9(4,7-2)8-3/h13H,3-12H2,1-2H3;5-6H2,1-4H3. The summed E-state index contributed by atoms with van der Waals surface area (Å²) in [6, 6.07) is 1.08. The zero-order valence-corrected chi connectivity index (χ0v) is 17.3. The molecule has 0 spiro atoms. The molecule has 0 aromatic rings. The zero-order valence-electron chi connectivity index (χ0n) is 16.3. The highest BCUT2D eigenvalue weighted by Crippen LogP contribution is 2.12. The summed E-state index contributed by atoms with van der Waals surface area (Å²) in [7, 11) is 1.76. The minimum absolute atomic E-state index is 1.08. The van der Waals surface area contributed by atoms with Gasteiger partial charge >= 0.3 is 8.56 Å². The molecular weight excluding hydrogens is 290 g/mol. The molecule has 3 nitrogen and oxygen atoms in total. The number of hydrogen-bond donors (Lipinski definition) is 1. The number of nitrogens with one attached hydrogen (secondary N) is 1. The van der Waals surface area contributed by atoms with Gasteiger partial charge in [-0.2, -0.15) is 0 Å². The molecule has 4 heteroatoms. The lowest BCUT2D eigenvalue weighted by Crippen LogP contribution is -2.35. The summed E-state index contributed by atoms with van der Waals surface area (Å²) in [6.07, 6.45) is 12.2. The van der Waals surface area contributed by atoms with Crippen molar-refractivity contribution >= 4 is 8.56 Å². The van der Waals surface area contributed by atoms with Crippen molar-refractivity contribution < 1.29 is 8.85 Å². The van der Waals surface area contributed by atoms with Gasteiger partial charge in [0.1, 0.15) is 0 Å². The topological polar surface area (TPSA) is 30.5 Å². The molecule has 22 heavy (non-hydrogen) atoms. The molecule has 0 radical (unpaired) electrons. The van der Waals surface area contributed by atoms with Crippen molar-refractivity contribution in [2.45, 2.75) is 91.1 Å². The fourth-order valence-electron chi connectivity index (χ4n) is 2.22. The predicted octanol–water partition coefficient (Wildman–Crippen LogP) is 5.50. The van der Waals surface area contributed by atoms with Gasteiger partial charge in [0.15, 0.2) is 0 Å². The second kappa shape index (κ2) is 19.1. The van der Waals surface area contributed by atoms with Crippen molar-refractivity contribution in [3.8, 4) is 0 Å². The Bertz CT molecular complexity index is 190. The maximum absolute atomic E-state index is 5.24. The van der Waals surface area contributed by atoms with E-state index in [1.165, 1.54) is 64.5 Å². The molecule has 0 bridgehead atoms. The van der Waals surface area contributed by atoms with Crippen molar-refractivity contribution in [3.05, 3.63) is 0 Å². The normalized spacial score (nSPS) is 11.2. The van der Waals surface area contributed by atoms with E-state index in [2.05, 4.69) is 32.6 Å². The van der Waals surface area contributed by atoms with Gasteiger partial charge in [-0.3, -0.25) is 0 Å². The predicted molar refractivity (Wildman–Crippen MR) is 102 cm³/mol. The first kappa shape index (κ1) is 24.4. The highest BCUT2D eigenvalue weighted by atomic mass is 28.4. The lowest BCUT2D eigenvalue weighted by atomic mass is 10.2. The molecule has 0 atom stereocenters. The summed E-state index contributed by atoms with van der Waals surface area (Å²) in [5.41, 5.74) is 0. The van der Waals surface area contributed by atoms with E-state index in [-0.39, 0.29) is 0 Å². The van der Waals surface area contributed by atoms with Gasteiger partial charge < -0.3 is 14.2 Å². The van der Waals surface area contributed by atoms with Crippen molar-refractivity contribution in [2.24, 2.45) is 0 Å². The minimum Gasteiger partial charge on any atom is -0.398 e. The van der Waals surface area contributed by atoms with Crippen LogP contribution in [-0.4, -0.2) is 35.9 Å². The summed E-state index contributed by atoms with van der Waals surface area (Å²) in [6.45, 7) is 11.2. The largest absolute Gasteiger partial charge is 0.398 e. The third-order valence-electron chi connectivity index (χ3n) is 3.98. The monoisotopic (exact) mass is 333 g/mol. The molecule has 0 unspecified atom stereocenters. The van der Waals surface area contributed by atoms with Crippen LogP contribution in [0, 0.1) is 0 Å². The molecule has 0 fully saturated rings. The van der Waals surface area contributed by atoms with Crippen LogP contribution in [0.4, 0.5) is 0 Å². The molecule has 0 rings (SSSR count). The molecule has 1 N–H and O–H groups in total. The molecule has 0 aliphatic carbocycles. The van der Waals surface area contributed by atoms with Crippen LogP contribution in [0.1, 0.15) is 78.6 Å². The van der Waals surface area contributed by atoms with Gasteiger partial charge in [0.05, 0.1) is 0 Å². The van der Waals surface area contributed by atoms with E-state index in [0.29, 0.717) is 0 Å². The van der Waals surface area contributed by atoms with E-state index < -0.39 is 8.56 Å². The van der Waals surface area contributed by atoms with E-state index in [9.17, 15) is 0 Å². The molecule has 0 amide bonds. The van der Waals surface area contributed by atoms with Gasteiger partial charge in [-0.1, -0.05) is 65.7 Å². The number of hydrogen-bond acceptors (Lipinski definition) is 3. The first-order valence-electron chi connectivity index (χ1n) is 9.41. The Kier molecular flexibility index (Phi) is 21.2. The average molecular weight is 334 g/mol. The van der Waals surface area contributed by atoms with Crippen LogP contribution in [-0.2, 0) is 8.85 Å². The van der Waals surface area contributed by atoms with Crippen LogP contribution in [0.15, 0.2) is 0 Å². The van der Waals surface area contributed by atoms with Crippen LogP contribution >= 0.6 is 0 Å². The maximum atomic E-state index is 5.24. The molecule has 0 saturated carbocycles. The van der Waals surface area contributed by atoms with Gasteiger partial charge in [-0.05, 0) is 38.5 Å². The SMILES string of the molecule is CCCCCCNCCCCCC.CCC[Si](C)(OC)OC. The van der Waals surface area contributed by atoms with Crippen molar-refractivity contribution in [3.63, 3.8) is 0 Å². The first-order chi connectivity index (χ1) is 10.6. The summed E-state index contributed by atoms with van der Waals surface area (Å²) in [4.78, 5) is 0. The van der Waals surface area contributed by atoms with E-state index in [0.717, 1.165) is 12.5 Å². The van der Waals surface area contributed by atoms with Crippen LogP contribution in [0.25, 0.3) is 0 Å². The van der Waals surface area contributed by atoms with Gasteiger partial charge in [-0.25, -0.2) is 0 Å². The highest BCUT2D eigenvalue weighted by Gasteiger charge is 2.26. The Morgan fingerprint density at radius 2 is 1.14 bits per heavy atom. The Balaban J connectivity index is 0. The van der Waals surface area contributed by atoms with Crippen LogP contribution in [0.3, 0.4) is 0 Å². The quantitative estimate of drug-likeness (QED) is 0.336. The summed E-state index contributed by atoms with van der Waals surface area (Å²) >= 11 is 0. The third kappa shape index (κ3) is 18.1. The molecule has 0 heterocycles. The Hall–Kier alpha value is 0.0969. The Labute approximate surface area is 141 Å². The van der Waals surface area contributed by atoms with E-state index >= 15 is 0 Å². The highest BCUT2D eigenvalue weighted by molar-refractivity contribution is 6.65. The first-order valence-corrected chi connectivity index (χ1v) is 11.9. The summed E-state index contributed by atoms with van der Waals surface area (Å²) in [5, 5.41) is 3.50. The molecule has 0 aliphatic rings. The van der Waals surface area contributed by atoms with Crippen molar-refractivity contribution in [2.75, 3.05) is 27.3 Å². The van der Waals surface area contributed by atoms with Crippen LogP contribution < -0.4 is 5.32 Å². The lowest BCUT2D eigenvalue weighted by molar-refractivity contribution is 0.249. The third-order valence-corrected chi connectivity index (χ3v) is 7.12. The van der Waals surface area contributed by atoms with Crippen LogP contribution in [0.2, 0.25) is 12.6 Å². The van der Waals surface area contributed by atoms with Gasteiger partial charge in [-0.15, -0.1) is 0 Å². The fourth-order valence-corrected chi connectivity index (χ4v) is 3.70. The number of rotatable bonds is 14. The van der Waals surface area contributed by atoms with E-state index in [1.54, 1.807) is 14.2 Å². The summed E-state index contributed by atoms with van der Waals surface area (Å²) < 4.78 is 10.5. The average Bonchev–Trinajstić information content (AvgIpc) is 2.54.